The Kier molecular flexibility index (Phi) is 21.7. The van der Waals surface area contributed by atoms with Gasteiger partial charge in [-0.2, -0.15) is 0 Å². The van der Waals surface area contributed by atoms with Crippen LogP contribution in [0.25, 0.3) is 0 Å². The zero-order valence-corrected chi connectivity index (χ0v) is 18.9. The molecule has 4 nitrogen and oxygen atoms in total. The Morgan fingerprint density at radius 2 is 1.24 bits per heavy atom. The van der Waals surface area contributed by atoms with Crippen LogP contribution in [0.5, 0.6) is 5.75 Å². The van der Waals surface area contributed by atoms with Crippen LogP contribution >= 0.6 is 0 Å². The maximum Gasteiger partial charge on any atom is 1.00 e. The molecule has 0 aliphatic rings. The van der Waals surface area contributed by atoms with Crippen LogP contribution in [0.3, 0.4) is 0 Å². The number of ether oxygens (including phenoxy) is 1. The smallest absolute Gasteiger partial charge is 1.00 e. The summed E-state index contributed by atoms with van der Waals surface area (Å²) in [5.74, 6) is -1.48. The van der Waals surface area contributed by atoms with Gasteiger partial charge in [-0.25, -0.2) is 4.79 Å². The molecule has 0 radical (unpaired) electrons. The van der Waals surface area contributed by atoms with Crippen LogP contribution in [-0.2, 0) is 9.53 Å². The van der Waals surface area contributed by atoms with Crippen LogP contribution in [-0.4, -0.2) is 17.0 Å². The van der Waals surface area contributed by atoms with Crippen LogP contribution in [0.2, 0.25) is 0 Å². The Morgan fingerprint density at radius 3 is 1.72 bits per heavy atom. The summed E-state index contributed by atoms with van der Waals surface area (Å²) in [7, 11) is 0. The number of para-hydroxylation sites is 1. The zero-order valence-electron chi connectivity index (χ0n) is 20.9. The van der Waals surface area contributed by atoms with Crippen LogP contribution in [0, 0.1) is 0 Å². The molecule has 6 heteroatoms. The van der Waals surface area contributed by atoms with Gasteiger partial charge < -0.3 is 12.7 Å². The van der Waals surface area contributed by atoms with Crippen LogP contribution in [0.15, 0.2) is 24.3 Å². The molecule has 1 N–H and O–H groups in total. The molecule has 0 bridgehead atoms. The number of rotatable bonds is 15. The van der Waals surface area contributed by atoms with Crippen LogP contribution < -0.4 is 37.7 Å². The van der Waals surface area contributed by atoms with Gasteiger partial charge in [0.1, 0.15) is 11.3 Å². The van der Waals surface area contributed by atoms with Gasteiger partial charge in [-0.15, -0.1) is 0 Å². The van der Waals surface area contributed by atoms with Crippen molar-refractivity contribution in [3.63, 3.8) is 0 Å². The Balaban J connectivity index is -0.000000911. The summed E-state index contributed by atoms with van der Waals surface area (Å²) in [6.45, 7) is 2.25. The van der Waals surface area contributed by atoms with Crippen molar-refractivity contribution in [1.29, 1.82) is 0 Å². The first-order valence-electron chi connectivity index (χ1n) is 10.7. The summed E-state index contributed by atoms with van der Waals surface area (Å²) >= 11 is 0. The summed E-state index contributed by atoms with van der Waals surface area (Å²) in [5, 5.41) is 9.58. The summed E-state index contributed by atoms with van der Waals surface area (Å²) in [6, 6.07) is 6.07. The number of hydrogen-bond donors (Lipinski definition) is 1. The monoisotopic (exact) mass is 392 g/mol. The van der Waals surface area contributed by atoms with Gasteiger partial charge in [0.05, 0.1) is 0 Å². The molecule has 1 rings (SSSR count). The third kappa shape index (κ3) is 15.8. The molecule has 1 aromatic rings. The minimum atomic E-state index is -0.784. The molecule has 0 saturated carbocycles. The van der Waals surface area contributed by atoms with E-state index in [1.54, 1.807) is 12.1 Å². The average molecular weight is 392 g/mol. The van der Waals surface area contributed by atoms with E-state index < -0.39 is 11.9 Å². The van der Waals surface area contributed by atoms with E-state index in [1.165, 1.54) is 76.3 Å². The molecule has 0 atom stereocenters. The standard InChI is InChI=1S/C23H36O4.2Li.2H/c1-2-3-4-5-6-7-8-9-10-11-12-13-14-19-22(25)27-23(26)20-17-15-16-18-21(20)24;;;;/h15-18,24H,2-14,19H2,1H3;;;;/q;2*+1;2*-1. The van der Waals surface area contributed by atoms with Crippen molar-refractivity contribution in [1.82, 2.24) is 0 Å². The fourth-order valence-electron chi connectivity index (χ4n) is 3.14. The van der Waals surface area contributed by atoms with Crippen molar-refractivity contribution >= 4 is 11.9 Å². The molecule has 156 valence electrons. The molecular formula is C23H38Li2O4. The molecule has 0 fully saturated rings. The number of aromatic hydroxyl groups is 1. The second-order valence-corrected chi connectivity index (χ2v) is 7.27. The zero-order chi connectivity index (χ0) is 19.7. The number of phenols is 1. The van der Waals surface area contributed by atoms with E-state index in [9.17, 15) is 14.7 Å². The van der Waals surface area contributed by atoms with E-state index >= 15 is 0 Å². The van der Waals surface area contributed by atoms with E-state index in [0.29, 0.717) is 0 Å². The van der Waals surface area contributed by atoms with E-state index in [2.05, 4.69) is 6.92 Å². The molecule has 1 aromatic carbocycles. The van der Waals surface area contributed by atoms with Crippen molar-refractivity contribution in [2.75, 3.05) is 0 Å². The third-order valence-electron chi connectivity index (χ3n) is 4.81. The first-order chi connectivity index (χ1) is 13.1. The van der Waals surface area contributed by atoms with Gasteiger partial charge >= 0.3 is 49.7 Å². The van der Waals surface area contributed by atoms with Crippen molar-refractivity contribution in [2.24, 2.45) is 0 Å². The van der Waals surface area contributed by atoms with Gasteiger partial charge in [0.15, 0.2) is 0 Å². The second kappa shape index (κ2) is 20.6. The molecule has 0 spiro atoms. The largest absolute Gasteiger partial charge is 1.00 e. The molecule has 0 saturated heterocycles. The summed E-state index contributed by atoms with van der Waals surface area (Å²) < 4.78 is 4.79. The van der Waals surface area contributed by atoms with Gasteiger partial charge in [-0.3, -0.25) is 4.79 Å². The maximum atomic E-state index is 11.8. The SMILES string of the molecule is CCCCCCCCCCCCCCCC(=O)OC(=O)c1ccccc1O.[H-].[H-].[Li+].[Li+]. The number of benzene rings is 1. The van der Waals surface area contributed by atoms with Crippen molar-refractivity contribution in [2.45, 2.75) is 96.8 Å². The quantitative estimate of drug-likeness (QED) is 0.208. The van der Waals surface area contributed by atoms with E-state index in [4.69, 9.17) is 4.74 Å². The summed E-state index contributed by atoms with van der Waals surface area (Å²) in [4.78, 5) is 23.5. The van der Waals surface area contributed by atoms with Gasteiger partial charge in [-0.05, 0) is 18.6 Å². The van der Waals surface area contributed by atoms with Crippen molar-refractivity contribution in [3.8, 4) is 5.75 Å². The van der Waals surface area contributed by atoms with Crippen molar-refractivity contribution in [3.05, 3.63) is 29.8 Å². The normalized spacial score (nSPS) is 9.97. The van der Waals surface area contributed by atoms with Crippen LogP contribution in [0.1, 0.15) is 110 Å². The van der Waals surface area contributed by atoms with Crippen LogP contribution in [0.4, 0.5) is 0 Å². The van der Waals surface area contributed by atoms with Gasteiger partial charge in [0.25, 0.3) is 0 Å². The Bertz CT molecular complexity index is 560. The third-order valence-corrected chi connectivity index (χ3v) is 4.81. The number of phenolic OH excluding ortho intramolecular Hbond substituents is 1. The number of esters is 2. The fraction of sp³-hybridized carbons (Fsp3) is 0.652. The van der Waals surface area contributed by atoms with Gasteiger partial charge in [-0.1, -0.05) is 96.1 Å². The summed E-state index contributed by atoms with van der Waals surface area (Å²) in [5.41, 5.74) is 0.0243. The topological polar surface area (TPSA) is 63.6 Å². The molecule has 29 heavy (non-hydrogen) atoms. The van der Waals surface area contributed by atoms with Gasteiger partial charge in [0, 0.05) is 6.42 Å². The second-order valence-electron chi connectivity index (χ2n) is 7.27. The minimum absolute atomic E-state index is 0. The molecule has 0 aliphatic heterocycles. The molecule has 0 heterocycles. The molecular weight excluding hydrogens is 354 g/mol. The first kappa shape index (κ1) is 30.5. The Labute approximate surface area is 203 Å². The minimum Gasteiger partial charge on any atom is -1.00 e. The van der Waals surface area contributed by atoms with Gasteiger partial charge in [0.2, 0.25) is 0 Å². The maximum absolute atomic E-state index is 11.8. The number of carbonyl (C=O) groups excluding carboxylic acids is 2. The number of hydrogen-bond acceptors (Lipinski definition) is 4. The fourth-order valence-corrected chi connectivity index (χ4v) is 3.14. The number of unbranched alkanes of at least 4 members (excludes halogenated alkanes) is 12. The van der Waals surface area contributed by atoms with E-state index in [1.807, 2.05) is 0 Å². The number of carbonyl (C=O) groups is 2. The van der Waals surface area contributed by atoms with Crippen molar-refractivity contribution < 1.29 is 60.0 Å². The average Bonchev–Trinajstić information content (AvgIpc) is 2.65. The first-order valence-corrected chi connectivity index (χ1v) is 10.7. The summed E-state index contributed by atoms with van der Waals surface area (Å²) in [6.07, 6.45) is 16.4. The molecule has 0 unspecified atom stereocenters. The predicted molar refractivity (Wildman–Crippen MR) is 111 cm³/mol. The molecule has 0 aromatic heterocycles. The Morgan fingerprint density at radius 1 is 0.793 bits per heavy atom. The van der Waals surface area contributed by atoms with E-state index in [0.717, 1.165) is 19.3 Å². The molecule has 0 amide bonds. The van der Waals surface area contributed by atoms with E-state index in [-0.39, 0.29) is 58.3 Å². The molecule has 0 aliphatic carbocycles. The Hall–Kier alpha value is -0.645. The predicted octanol–water partition coefficient (Wildman–Crippen LogP) is 0.790.